The topological polar surface area (TPSA) is 58.5 Å². The summed E-state index contributed by atoms with van der Waals surface area (Å²) in [5.74, 6) is -1.69. The van der Waals surface area contributed by atoms with Gasteiger partial charge in [-0.05, 0) is 41.6 Å². The molecule has 0 aliphatic carbocycles. The Morgan fingerprint density at radius 3 is 2.45 bits per heavy atom. The fraction of sp³-hybridized carbons (Fsp3) is 0.0714. The van der Waals surface area contributed by atoms with Crippen molar-refractivity contribution < 1.29 is 22.4 Å². The summed E-state index contributed by atoms with van der Waals surface area (Å²) in [7, 11) is 0. The van der Waals surface area contributed by atoms with Crippen LogP contribution in [0, 0.1) is 10.7 Å². The first kappa shape index (κ1) is 15.6. The number of carbonyl (C=O) groups is 1. The summed E-state index contributed by atoms with van der Waals surface area (Å²) in [5, 5.41) is 4.65. The number of hydrogen-bond donors (Lipinski definition) is 1. The van der Waals surface area contributed by atoms with Gasteiger partial charge in [0.05, 0.1) is 5.56 Å². The van der Waals surface area contributed by atoms with E-state index in [4.69, 9.17) is 0 Å². The number of nitrogens with one attached hydrogen (secondary N) is 1. The minimum absolute atomic E-state index is 0.0789. The summed E-state index contributed by atoms with van der Waals surface area (Å²) in [6, 6.07) is 6.91. The van der Waals surface area contributed by atoms with E-state index in [1.165, 1.54) is 6.07 Å². The third-order valence-electron chi connectivity index (χ3n) is 2.75. The van der Waals surface area contributed by atoms with E-state index in [1.54, 1.807) is 0 Å². The molecule has 2 aromatic rings. The van der Waals surface area contributed by atoms with Crippen LogP contribution in [0.4, 0.5) is 28.9 Å². The fourth-order valence-electron chi connectivity index (χ4n) is 1.70. The number of rotatable bonds is 3. The molecule has 0 radical (unpaired) electrons. The Balaban J connectivity index is 2.24. The molecule has 0 saturated carbocycles. The number of anilines is 1. The Kier molecular flexibility index (Phi) is 4.20. The molecule has 0 bridgehead atoms. The largest absolute Gasteiger partial charge is 0.416 e. The van der Waals surface area contributed by atoms with Crippen LogP contribution >= 0.6 is 0 Å². The third-order valence-corrected chi connectivity index (χ3v) is 2.75. The van der Waals surface area contributed by atoms with Crippen LogP contribution in [0.25, 0.3) is 0 Å². The van der Waals surface area contributed by atoms with Crippen LogP contribution < -0.4 is 5.32 Å². The van der Waals surface area contributed by atoms with E-state index in [9.17, 15) is 27.3 Å². The fourth-order valence-corrected chi connectivity index (χ4v) is 1.70. The predicted octanol–water partition coefficient (Wildman–Crippen LogP) is 4.49. The van der Waals surface area contributed by atoms with Gasteiger partial charge < -0.3 is 5.32 Å². The normalized spacial score (nSPS) is 11.1. The van der Waals surface area contributed by atoms with Gasteiger partial charge in [-0.3, -0.25) is 4.79 Å². The highest BCUT2D eigenvalue weighted by molar-refractivity contribution is 6.04. The molecular formula is C14H8F4N2O2. The standard InChI is InChI=1S/C14H8F4N2O2/c15-11-5-4-8(6-12(11)20-22)13(21)19-10-3-1-2-9(7-10)14(16,17)18/h1-7H,(H,19,21). The van der Waals surface area contributed by atoms with Gasteiger partial charge in [0.15, 0.2) is 5.82 Å². The van der Waals surface area contributed by atoms with Crippen molar-refractivity contribution in [1.82, 2.24) is 0 Å². The second-order valence-corrected chi connectivity index (χ2v) is 4.29. The number of amides is 1. The molecule has 1 amide bonds. The maximum atomic E-state index is 13.1. The number of nitroso groups, excluding NO2 is 1. The lowest BCUT2D eigenvalue weighted by atomic mass is 10.1. The highest BCUT2D eigenvalue weighted by Crippen LogP contribution is 2.30. The predicted molar refractivity (Wildman–Crippen MR) is 71.3 cm³/mol. The van der Waals surface area contributed by atoms with Gasteiger partial charge in [0.25, 0.3) is 5.91 Å². The van der Waals surface area contributed by atoms with E-state index in [0.29, 0.717) is 0 Å². The maximum Gasteiger partial charge on any atom is 0.416 e. The van der Waals surface area contributed by atoms with Gasteiger partial charge in [0.2, 0.25) is 0 Å². The van der Waals surface area contributed by atoms with Crippen LogP contribution in [0.5, 0.6) is 0 Å². The molecule has 2 rings (SSSR count). The van der Waals surface area contributed by atoms with E-state index in [2.05, 4.69) is 10.5 Å². The summed E-state index contributed by atoms with van der Waals surface area (Å²) in [6.07, 6.45) is -4.54. The Labute approximate surface area is 121 Å². The maximum absolute atomic E-state index is 13.1. The lowest BCUT2D eigenvalue weighted by Crippen LogP contribution is -2.13. The van der Waals surface area contributed by atoms with Crippen LogP contribution in [-0.4, -0.2) is 5.91 Å². The van der Waals surface area contributed by atoms with Gasteiger partial charge in [-0.25, -0.2) is 4.39 Å². The SMILES string of the molecule is O=Nc1cc(C(=O)Nc2cccc(C(F)(F)F)c2)ccc1F. The average molecular weight is 312 g/mol. The zero-order valence-corrected chi connectivity index (χ0v) is 10.8. The van der Waals surface area contributed by atoms with Crippen LogP contribution in [0.1, 0.15) is 15.9 Å². The molecule has 0 spiro atoms. The Morgan fingerprint density at radius 1 is 1.09 bits per heavy atom. The highest BCUT2D eigenvalue weighted by Gasteiger charge is 2.30. The molecule has 0 heterocycles. The van der Waals surface area contributed by atoms with Crippen LogP contribution in [0.2, 0.25) is 0 Å². The zero-order valence-electron chi connectivity index (χ0n) is 10.8. The van der Waals surface area contributed by atoms with Gasteiger partial charge in [0.1, 0.15) is 5.69 Å². The second kappa shape index (κ2) is 5.92. The van der Waals surface area contributed by atoms with Gasteiger partial charge in [-0.1, -0.05) is 6.07 Å². The van der Waals surface area contributed by atoms with Gasteiger partial charge >= 0.3 is 6.18 Å². The van der Waals surface area contributed by atoms with Gasteiger partial charge in [0, 0.05) is 11.3 Å². The molecule has 0 saturated heterocycles. The smallest absolute Gasteiger partial charge is 0.322 e. The Bertz CT molecular complexity index is 729. The zero-order chi connectivity index (χ0) is 16.3. The second-order valence-electron chi connectivity index (χ2n) is 4.29. The molecule has 0 fully saturated rings. The summed E-state index contributed by atoms with van der Waals surface area (Å²) in [6.45, 7) is 0. The lowest BCUT2D eigenvalue weighted by Gasteiger charge is -2.10. The number of alkyl halides is 3. The van der Waals surface area contributed by atoms with Crippen molar-refractivity contribution in [2.24, 2.45) is 5.18 Å². The minimum atomic E-state index is -4.54. The third kappa shape index (κ3) is 3.46. The first-order chi connectivity index (χ1) is 10.3. The van der Waals surface area contributed by atoms with Gasteiger partial charge in [-0.2, -0.15) is 13.2 Å². The summed E-state index contributed by atoms with van der Waals surface area (Å²) < 4.78 is 50.8. The number of hydrogen-bond acceptors (Lipinski definition) is 3. The number of benzene rings is 2. The molecule has 1 N–H and O–H groups in total. The number of carbonyl (C=O) groups excluding carboxylic acids is 1. The van der Waals surface area contributed by atoms with E-state index in [1.807, 2.05) is 0 Å². The van der Waals surface area contributed by atoms with E-state index >= 15 is 0 Å². The Hall–Kier alpha value is -2.77. The molecule has 114 valence electrons. The molecule has 0 aromatic heterocycles. The van der Waals surface area contributed by atoms with Crippen molar-refractivity contribution in [3.63, 3.8) is 0 Å². The quantitative estimate of drug-likeness (QED) is 0.670. The summed E-state index contributed by atoms with van der Waals surface area (Å²) in [4.78, 5) is 22.3. The molecule has 0 aliphatic rings. The first-order valence-corrected chi connectivity index (χ1v) is 5.93. The Morgan fingerprint density at radius 2 is 1.82 bits per heavy atom. The van der Waals surface area contributed by atoms with Crippen molar-refractivity contribution >= 4 is 17.3 Å². The first-order valence-electron chi connectivity index (χ1n) is 5.93. The van der Waals surface area contributed by atoms with Gasteiger partial charge in [-0.15, -0.1) is 4.91 Å². The molecular weight excluding hydrogens is 304 g/mol. The highest BCUT2D eigenvalue weighted by atomic mass is 19.4. The van der Waals surface area contributed by atoms with Crippen molar-refractivity contribution in [3.8, 4) is 0 Å². The molecule has 8 heteroatoms. The monoisotopic (exact) mass is 312 g/mol. The lowest BCUT2D eigenvalue weighted by molar-refractivity contribution is -0.137. The minimum Gasteiger partial charge on any atom is -0.322 e. The number of halogens is 4. The molecule has 2 aromatic carbocycles. The van der Waals surface area contributed by atoms with E-state index in [0.717, 1.165) is 36.4 Å². The molecule has 0 unspecified atom stereocenters. The van der Waals surface area contributed by atoms with E-state index in [-0.39, 0.29) is 11.3 Å². The van der Waals surface area contributed by atoms with Crippen molar-refractivity contribution in [2.45, 2.75) is 6.18 Å². The summed E-state index contributed by atoms with van der Waals surface area (Å²) >= 11 is 0. The average Bonchev–Trinajstić information content (AvgIpc) is 2.47. The van der Waals surface area contributed by atoms with Crippen molar-refractivity contribution in [1.29, 1.82) is 0 Å². The van der Waals surface area contributed by atoms with Crippen LogP contribution in [0.3, 0.4) is 0 Å². The molecule has 22 heavy (non-hydrogen) atoms. The van der Waals surface area contributed by atoms with Crippen LogP contribution in [0.15, 0.2) is 47.6 Å². The van der Waals surface area contributed by atoms with Crippen LogP contribution in [-0.2, 0) is 6.18 Å². The molecule has 4 nitrogen and oxygen atoms in total. The van der Waals surface area contributed by atoms with Crippen molar-refractivity contribution in [3.05, 3.63) is 64.3 Å². The molecule has 0 aliphatic heterocycles. The number of nitrogens with zero attached hydrogens (tertiary/aromatic N) is 1. The van der Waals surface area contributed by atoms with E-state index < -0.39 is 29.2 Å². The molecule has 0 atom stereocenters. The summed E-state index contributed by atoms with van der Waals surface area (Å²) in [5.41, 5.74) is -1.66. The van der Waals surface area contributed by atoms with Crippen molar-refractivity contribution in [2.75, 3.05) is 5.32 Å².